The summed E-state index contributed by atoms with van der Waals surface area (Å²) < 4.78 is 39.8. The fourth-order valence-electron chi connectivity index (χ4n) is 3.33. The standard InChI is InChI=1S/C20H20F3N5O2/c1-13-14(2)25-28(19(30)17(13)11-24)12-18(29)27-8-6-26(7-9-27)16-5-3-4-15(10-16)20(21,22)23/h3-5,10H,6-9,12H2,1-2H3. The minimum atomic E-state index is -4.41. The van der Waals surface area contributed by atoms with E-state index in [1.807, 2.05) is 6.07 Å². The highest BCUT2D eigenvalue weighted by Gasteiger charge is 2.31. The van der Waals surface area contributed by atoms with Crippen molar-refractivity contribution in [3.05, 3.63) is 57.0 Å². The molecule has 158 valence electrons. The number of aromatic nitrogens is 2. The predicted molar refractivity (Wildman–Crippen MR) is 103 cm³/mol. The van der Waals surface area contributed by atoms with E-state index < -0.39 is 17.3 Å². The lowest BCUT2D eigenvalue weighted by molar-refractivity contribution is -0.137. The summed E-state index contributed by atoms with van der Waals surface area (Å²) in [5, 5.41) is 13.3. The number of hydrogen-bond donors (Lipinski definition) is 0. The average molecular weight is 419 g/mol. The van der Waals surface area contributed by atoms with Gasteiger partial charge in [-0.1, -0.05) is 6.07 Å². The third-order valence-corrected chi connectivity index (χ3v) is 5.20. The highest BCUT2D eigenvalue weighted by molar-refractivity contribution is 5.76. The van der Waals surface area contributed by atoms with Crippen molar-refractivity contribution in [3.63, 3.8) is 0 Å². The van der Waals surface area contributed by atoms with Gasteiger partial charge in [0.15, 0.2) is 0 Å². The fourth-order valence-corrected chi connectivity index (χ4v) is 3.33. The van der Waals surface area contributed by atoms with Crippen LogP contribution in [-0.4, -0.2) is 46.8 Å². The van der Waals surface area contributed by atoms with E-state index in [1.54, 1.807) is 29.7 Å². The second-order valence-corrected chi connectivity index (χ2v) is 7.08. The van der Waals surface area contributed by atoms with Crippen molar-refractivity contribution in [3.8, 4) is 6.07 Å². The van der Waals surface area contributed by atoms with Crippen LogP contribution in [0.2, 0.25) is 0 Å². The van der Waals surface area contributed by atoms with Crippen LogP contribution < -0.4 is 10.5 Å². The molecule has 1 saturated heterocycles. The Balaban J connectivity index is 1.68. The van der Waals surface area contributed by atoms with Gasteiger partial charge in [0.2, 0.25) is 5.91 Å². The molecule has 1 amide bonds. The molecule has 1 aliphatic rings. The third kappa shape index (κ3) is 4.30. The van der Waals surface area contributed by atoms with E-state index >= 15 is 0 Å². The van der Waals surface area contributed by atoms with Gasteiger partial charge >= 0.3 is 6.18 Å². The van der Waals surface area contributed by atoms with Crippen LogP contribution in [0.15, 0.2) is 29.1 Å². The van der Waals surface area contributed by atoms with Crippen molar-refractivity contribution in [1.82, 2.24) is 14.7 Å². The molecule has 0 saturated carbocycles. The van der Waals surface area contributed by atoms with E-state index in [1.165, 1.54) is 6.07 Å². The molecule has 30 heavy (non-hydrogen) atoms. The van der Waals surface area contributed by atoms with Crippen LogP contribution in [0.4, 0.5) is 18.9 Å². The number of halogens is 3. The number of carbonyl (C=O) groups excluding carboxylic acids is 1. The summed E-state index contributed by atoms with van der Waals surface area (Å²) in [6, 6.07) is 6.94. The van der Waals surface area contributed by atoms with Crippen molar-refractivity contribution in [2.24, 2.45) is 0 Å². The number of carbonyl (C=O) groups is 1. The Kier molecular flexibility index (Phi) is 5.82. The maximum Gasteiger partial charge on any atom is 0.416 e. The highest BCUT2D eigenvalue weighted by atomic mass is 19.4. The smallest absolute Gasteiger partial charge is 0.368 e. The van der Waals surface area contributed by atoms with E-state index in [0.717, 1.165) is 16.8 Å². The summed E-state index contributed by atoms with van der Waals surface area (Å²) in [7, 11) is 0. The Morgan fingerprint density at radius 2 is 1.87 bits per heavy atom. The zero-order valence-electron chi connectivity index (χ0n) is 16.5. The van der Waals surface area contributed by atoms with Gasteiger partial charge in [0, 0.05) is 31.9 Å². The molecular formula is C20H20F3N5O2. The summed E-state index contributed by atoms with van der Waals surface area (Å²) in [6.07, 6.45) is -4.41. The Morgan fingerprint density at radius 1 is 1.20 bits per heavy atom. The van der Waals surface area contributed by atoms with Crippen molar-refractivity contribution < 1.29 is 18.0 Å². The Morgan fingerprint density at radius 3 is 2.47 bits per heavy atom. The molecule has 0 radical (unpaired) electrons. The summed E-state index contributed by atoms with van der Waals surface area (Å²) >= 11 is 0. The van der Waals surface area contributed by atoms with Crippen LogP contribution in [0.3, 0.4) is 0 Å². The molecule has 0 atom stereocenters. The zero-order chi connectivity index (χ0) is 22.1. The summed E-state index contributed by atoms with van der Waals surface area (Å²) in [5.41, 5.74) is 0.0602. The van der Waals surface area contributed by atoms with Crippen LogP contribution in [0.5, 0.6) is 0 Å². The number of benzene rings is 1. The molecule has 1 fully saturated rings. The molecular weight excluding hydrogens is 399 g/mol. The van der Waals surface area contributed by atoms with Crippen molar-refractivity contribution in [2.45, 2.75) is 26.6 Å². The lowest BCUT2D eigenvalue weighted by atomic mass is 10.1. The minimum absolute atomic E-state index is 0.0373. The SMILES string of the molecule is Cc1nn(CC(=O)N2CCN(c3cccc(C(F)(F)F)c3)CC2)c(=O)c(C#N)c1C. The first-order valence-electron chi connectivity index (χ1n) is 9.30. The average Bonchev–Trinajstić information content (AvgIpc) is 2.72. The monoisotopic (exact) mass is 419 g/mol. The number of amides is 1. The van der Waals surface area contributed by atoms with Crippen LogP contribution in [0.1, 0.15) is 22.4 Å². The summed E-state index contributed by atoms with van der Waals surface area (Å²) in [4.78, 5) is 28.3. The molecule has 0 unspecified atom stereocenters. The quantitative estimate of drug-likeness (QED) is 0.761. The molecule has 1 aliphatic heterocycles. The van der Waals surface area contributed by atoms with Crippen LogP contribution in [-0.2, 0) is 17.5 Å². The van der Waals surface area contributed by atoms with Gasteiger partial charge in [0.05, 0.1) is 11.3 Å². The number of anilines is 1. The first kappa shape index (κ1) is 21.4. The molecule has 3 rings (SSSR count). The number of alkyl halides is 3. The van der Waals surface area contributed by atoms with Gasteiger partial charge in [-0.3, -0.25) is 9.59 Å². The molecule has 10 heteroatoms. The van der Waals surface area contributed by atoms with E-state index in [4.69, 9.17) is 0 Å². The molecule has 0 aliphatic carbocycles. The van der Waals surface area contributed by atoms with E-state index in [-0.39, 0.29) is 18.0 Å². The number of nitrogens with zero attached hydrogens (tertiary/aromatic N) is 5. The molecule has 2 heterocycles. The first-order chi connectivity index (χ1) is 14.1. The van der Waals surface area contributed by atoms with E-state index in [2.05, 4.69) is 5.10 Å². The topological polar surface area (TPSA) is 82.2 Å². The highest BCUT2D eigenvalue weighted by Crippen LogP contribution is 2.31. The van der Waals surface area contributed by atoms with E-state index in [0.29, 0.717) is 43.1 Å². The number of aryl methyl sites for hydroxylation is 1. The molecule has 2 aromatic rings. The van der Waals surface area contributed by atoms with Gasteiger partial charge in [-0.25, -0.2) is 4.68 Å². The minimum Gasteiger partial charge on any atom is -0.368 e. The van der Waals surface area contributed by atoms with Crippen molar-refractivity contribution in [1.29, 1.82) is 5.26 Å². The fraction of sp³-hybridized carbons (Fsp3) is 0.400. The molecule has 7 nitrogen and oxygen atoms in total. The first-order valence-corrected chi connectivity index (χ1v) is 9.30. The van der Waals surface area contributed by atoms with Crippen molar-refractivity contribution in [2.75, 3.05) is 31.1 Å². The van der Waals surface area contributed by atoms with Crippen LogP contribution in [0.25, 0.3) is 0 Å². The second kappa shape index (κ2) is 8.18. The Hall–Kier alpha value is -3.35. The lowest BCUT2D eigenvalue weighted by Gasteiger charge is -2.36. The maximum atomic E-state index is 12.9. The largest absolute Gasteiger partial charge is 0.416 e. The molecule has 1 aromatic carbocycles. The molecule has 0 bridgehead atoms. The summed E-state index contributed by atoms with van der Waals surface area (Å²) in [5.74, 6) is -0.333. The second-order valence-electron chi connectivity index (χ2n) is 7.08. The normalized spacial score (nSPS) is 14.5. The predicted octanol–water partition coefficient (Wildman–Crippen LogP) is 2.10. The van der Waals surface area contributed by atoms with Gasteiger partial charge in [-0.15, -0.1) is 0 Å². The van der Waals surface area contributed by atoms with Crippen molar-refractivity contribution >= 4 is 11.6 Å². The molecule has 0 N–H and O–H groups in total. The van der Waals surface area contributed by atoms with Gasteiger partial charge < -0.3 is 9.80 Å². The van der Waals surface area contributed by atoms with Gasteiger partial charge in [0.25, 0.3) is 5.56 Å². The number of piperazine rings is 1. The van der Waals surface area contributed by atoms with Gasteiger partial charge in [-0.2, -0.15) is 23.5 Å². The zero-order valence-corrected chi connectivity index (χ0v) is 16.5. The van der Waals surface area contributed by atoms with Gasteiger partial charge in [0.1, 0.15) is 18.2 Å². The Labute approximate surface area is 170 Å². The maximum absolute atomic E-state index is 12.9. The third-order valence-electron chi connectivity index (χ3n) is 5.20. The van der Waals surface area contributed by atoms with Crippen LogP contribution >= 0.6 is 0 Å². The van der Waals surface area contributed by atoms with Crippen LogP contribution in [0, 0.1) is 25.2 Å². The Bertz CT molecular complexity index is 1060. The molecule has 1 aromatic heterocycles. The lowest BCUT2D eigenvalue weighted by Crippen LogP contribution is -2.50. The number of hydrogen-bond acceptors (Lipinski definition) is 5. The van der Waals surface area contributed by atoms with E-state index in [9.17, 15) is 28.0 Å². The number of nitriles is 1. The summed E-state index contributed by atoms with van der Waals surface area (Å²) in [6.45, 7) is 4.33. The van der Waals surface area contributed by atoms with Gasteiger partial charge in [-0.05, 0) is 37.6 Å². The number of rotatable bonds is 3. The molecule has 0 spiro atoms.